The van der Waals surface area contributed by atoms with Crippen LogP contribution >= 0.6 is 11.6 Å². The van der Waals surface area contributed by atoms with Gasteiger partial charge in [0, 0.05) is 10.7 Å². The van der Waals surface area contributed by atoms with E-state index in [0.717, 1.165) is 0 Å². The van der Waals surface area contributed by atoms with Crippen LogP contribution in [0.1, 0.15) is 16.1 Å². The lowest BCUT2D eigenvalue weighted by molar-refractivity contribution is 0.0949. The van der Waals surface area contributed by atoms with Crippen molar-refractivity contribution in [2.45, 2.75) is 6.54 Å². The van der Waals surface area contributed by atoms with Crippen LogP contribution in [0.5, 0.6) is 0 Å². The average Bonchev–Trinajstić information content (AvgIpc) is 2.82. The molecule has 3 N–H and O–H groups in total. The molecule has 0 bridgehead atoms. The molecule has 1 amide bonds. The minimum Gasteiger partial charge on any atom is -0.467 e. The quantitative estimate of drug-likeness (QED) is 0.822. The summed E-state index contributed by atoms with van der Waals surface area (Å²) in [7, 11) is 0. The van der Waals surface area contributed by atoms with E-state index >= 15 is 0 Å². The first-order valence-corrected chi connectivity index (χ1v) is 5.40. The maximum absolute atomic E-state index is 11.8. The van der Waals surface area contributed by atoms with Crippen molar-refractivity contribution in [3.8, 4) is 0 Å². The molecule has 0 unspecified atom stereocenters. The van der Waals surface area contributed by atoms with E-state index in [1.807, 2.05) is 0 Å². The molecule has 0 aliphatic heterocycles. The second-order valence-electron chi connectivity index (χ2n) is 3.49. The van der Waals surface area contributed by atoms with E-state index in [4.69, 9.17) is 21.8 Å². The minimum absolute atomic E-state index is 0.276. The fraction of sp³-hybridized carbons (Fsp3) is 0.0833. The Kier molecular flexibility index (Phi) is 3.35. The van der Waals surface area contributed by atoms with Gasteiger partial charge in [0.2, 0.25) is 0 Å². The highest BCUT2D eigenvalue weighted by Gasteiger charge is 2.10. The standard InChI is InChI=1S/C12H11ClN2O2/c13-8-3-4-11(14)10(6-8)12(16)15-7-9-2-1-5-17-9/h1-6H,7,14H2,(H,15,16). The third-order valence-corrected chi connectivity index (χ3v) is 2.50. The van der Waals surface area contributed by atoms with Crippen molar-refractivity contribution >= 4 is 23.2 Å². The molecule has 0 radical (unpaired) electrons. The van der Waals surface area contributed by atoms with Gasteiger partial charge in [-0.1, -0.05) is 11.6 Å². The molecule has 0 fully saturated rings. The van der Waals surface area contributed by atoms with Gasteiger partial charge in [-0.25, -0.2) is 0 Å². The third-order valence-electron chi connectivity index (χ3n) is 2.26. The van der Waals surface area contributed by atoms with Crippen molar-refractivity contribution in [2.24, 2.45) is 0 Å². The smallest absolute Gasteiger partial charge is 0.253 e. The first kappa shape index (κ1) is 11.5. The number of hydrogen-bond acceptors (Lipinski definition) is 3. The van der Waals surface area contributed by atoms with Crippen LogP contribution in [0.3, 0.4) is 0 Å². The zero-order valence-electron chi connectivity index (χ0n) is 8.94. The van der Waals surface area contributed by atoms with Crippen LogP contribution in [0.4, 0.5) is 5.69 Å². The number of halogens is 1. The summed E-state index contributed by atoms with van der Waals surface area (Å²) in [5.41, 5.74) is 6.46. The summed E-state index contributed by atoms with van der Waals surface area (Å²) >= 11 is 5.81. The second-order valence-corrected chi connectivity index (χ2v) is 3.93. The topological polar surface area (TPSA) is 68.3 Å². The maximum atomic E-state index is 11.8. The molecule has 0 spiro atoms. The van der Waals surface area contributed by atoms with Crippen LogP contribution in [-0.2, 0) is 6.54 Å². The highest BCUT2D eigenvalue weighted by atomic mass is 35.5. The number of rotatable bonds is 3. The SMILES string of the molecule is Nc1ccc(Cl)cc1C(=O)NCc1ccco1. The summed E-state index contributed by atoms with van der Waals surface area (Å²) in [6, 6.07) is 8.32. The average molecular weight is 251 g/mol. The molecule has 2 aromatic rings. The van der Waals surface area contributed by atoms with E-state index in [9.17, 15) is 4.79 Å². The summed E-state index contributed by atoms with van der Waals surface area (Å²) < 4.78 is 5.10. The highest BCUT2D eigenvalue weighted by molar-refractivity contribution is 6.31. The molecule has 0 saturated heterocycles. The Morgan fingerprint density at radius 2 is 2.24 bits per heavy atom. The predicted molar refractivity (Wildman–Crippen MR) is 65.7 cm³/mol. The molecule has 0 atom stereocenters. The number of hydrogen-bond donors (Lipinski definition) is 2. The lowest BCUT2D eigenvalue weighted by atomic mass is 10.1. The Hall–Kier alpha value is -1.94. The number of nitrogen functional groups attached to an aromatic ring is 1. The van der Waals surface area contributed by atoms with Crippen LogP contribution in [0.25, 0.3) is 0 Å². The fourth-order valence-corrected chi connectivity index (χ4v) is 1.57. The minimum atomic E-state index is -0.276. The first-order valence-electron chi connectivity index (χ1n) is 5.02. The normalized spacial score (nSPS) is 10.2. The number of furan rings is 1. The number of benzene rings is 1. The number of nitrogens with two attached hydrogens (primary N) is 1. The Morgan fingerprint density at radius 3 is 2.94 bits per heavy atom. The number of amides is 1. The van der Waals surface area contributed by atoms with Gasteiger partial charge < -0.3 is 15.5 Å². The molecular formula is C12H11ClN2O2. The van der Waals surface area contributed by atoms with Crippen molar-refractivity contribution in [1.82, 2.24) is 5.32 Å². The largest absolute Gasteiger partial charge is 0.467 e. The molecule has 88 valence electrons. The molecule has 0 aliphatic carbocycles. The highest BCUT2D eigenvalue weighted by Crippen LogP contribution is 2.17. The van der Waals surface area contributed by atoms with Crippen LogP contribution in [0, 0.1) is 0 Å². The Balaban J connectivity index is 2.07. The summed E-state index contributed by atoms with van der Waals surface area (Å²) in [4.78, 5) is 11.8. The summed E-state index contributed by atoms with van der Waals surface area (Å²) in [5.74, 6) is 0.403. The van der Waals surface area contributed by atoms with Crippen molar-refractivity contribution in [1.29, 1.82) is 0 Å². The molecule has 1 heterocycles. The molecule has 2 rings (SSSR count). The van der Waals surface area contributed by atoms with Gasteiger partial charge in [0.15, 0.2) is 0 Å². The van der Waals surface area contributed by atoms with E-state index in [0.29, 0.717) is 28.6 Å². The summed E-state index contributed by atoms with van der Waals surface area (Å²) in [6.45, 7) is 0.317. The van der Waals surface area contributed by atoms with Crippen molar-refractivity contribution in [3.05, 3.63) is 52.9 Å². The predicted octanol–water partition coefficient (Wildman–Crippen LogP) is 2.45. The van der Waals surface area contributed by atoms with Crippen LogP contribution in [0.2, 0.25) is 5.02 Å². The van der Waals surface area contributed by atoms with Gasteiger partial charge in [-0.2, -0.15) is 0 Å². The fourth-order valence-electron chi connectivity index (χ4n) is 1.40. The number of carbonyl (C=O) groups excluding carboxylic acids is 1. The van der Waals surface area contributed by atoms with Crippen LogP contribution in [0.15, 0.2) is 41.0 Å². The molecule has 17 heavy (non-hydrogen) atoms. The lowest BCUT2D eigenvalue weighted by Crippen LogP contribution is -2.23. The van der Waals surface area contributed by atoms with Crippen LogP contribution < -0.4 is 11.1 Å². The first-order chi connectivity index (χ1) is 8.16. The Labute approximate surface area is 103 Å². The van der Waals surface area contributed by atoms with E-state index in [-0.39, 0.29) is 5.91 Å². The van der Waals surface area contributed by atoms with E-state index in [2.05, 4.69) is 5.32 Å². The number of anilines is 1. The van der Waals surface area contributed by atoms with Crippen LogP contribution in [-0.4, -0.2) is 5.91 Å². The molecule has 0 saturated carbocycles. The van der Waals surface area contributed by atoms with Gasteiger partial charge in [0.05, 0.1) is 18.4 Å². The van der Waals surface area contributed by atoms with Gasteiger partial charge in [-0.15, -0.1) is 0 Å². The Bertz CT molecular complexity index is 523. The number of nitrogens with one attached hydrogen (secondary N) is 1. The summed E-state index contributed by atoms with van der Waals surface area (Å²) in [5, 5.41) is 3.17. The second kappa shape index (κ2) is 4.93. The van der Waals surface area contributed by atoms with E-state index in [1.165, 1.54) is 6.07 Å². The molecular weight excluding hydrogens is 240 g/mol. The number of carbonyl (C=O) groups is 1. The molecule has 1 aromatic heterocycles. The van der Waals surface area contributed by atoms with Crippen molar-refractivity contribution in [2.75, 3.05) is 5.73 Å². The van der Waals surface area contributed by atoms with Crippen molar-refractivity contribution < 1.29 is 9.21 Å². The Morgan fingerprint density at radius 1 is 1.41 bits per heavy atom. The summed E-state index contributed by atoms with van der Waals surface area (Å²) in [6.07, 6.45) is 1.55. The van der Waals surface area contributed by atoms with Crippen molar-refractivity contribution in [3.63, 3.8) is 0 Å². The van der Waals surface area contributed by atoms with Gasteiger partial charge in [-0.3, -0.25) is 4.79 Å². The molecule has 5 heteroatoms. The lowest BCUT2D eigenvalue weighted by Gasteiger charge is -2.06. The molecule has 1 aromatic carbocycles. The van der Waals surface area contributed by atoms with E-state index < -0.39 is 0 Å². The monoisotopic (exact) mass is 250 g/mol. The molecule has 4 nitrogen and oxygen atoms in total. The zero-order valence-corrected chi connectivity index (χ0v) is 9.70. The van der Waals surface area contributed by atoms with Gasteiger partial charge in [0.25, 0.3) is 5.91 Å². The van der Waals surface area contributed by atoms with Gasteiger partial charge in [0.1, 0.15) is 5.76 Å². The third kappa shape index (κ3) is 2.79. The zero-order chi connectivity index (χ0) is 12.3. The van der Waals surface area contributed by atoms with Gasteiger partial charge in [-0.05, 0) is 30.3 Å². The van der Waals surface area contributed by atoms with E-state index in [1.54, 1.807) is 30.5 Å². The molecule has 0 aliphatic rings. The van der Waals surface area contributed by atoms with Gasteiger partial charge >= 0.3 is 0 Å². The maximum Gasteiger partial charge on any atom is 0.253 e.